The zero-order valence-electron chi connectivity index (χ0n) is 15.7. The average molecular weight is 391 g/mol. The van der Waals surface area contributed by atoms with Crippen LogP contribution < -0.4 is 10.1 Å². The minimum atomic E-state index is -4.46. The number of nitrogens with one attached hydrogen (secondary N) is 1. The number of rotatable bonds is 5. The maximum absolute atomic E-state index is 12.5. The predicted octanol–water partition coefficient (Wildman–Crippen LogP) is 5.48. The Morgan fingerprint density at radius 1 is 1.14 bits per heavy atom. The molecule has 0 saturated heterocycles. The van der Waals surface area contributed by atoms with Crippen molar-refractivity contribution in [3.63, 3.8) is 0 Å². The van der Waals surface area contributed by atoms with E-state index in [1.165, 1.54) is 18.4 Å². The number of benzene rings is 2. The summed E-state index contributed by atoms with van der Waals surface area (Å²) in [5, 5.41) is 3.47. The first kappa shape index (κ1) is 19.8. The van der Waals surface area contributed by atoms with Gasteiger partial charge in [-0.2, -0.15) is 13.2 Å². The van der Waals surface area contributed by atoms with Gasteiger partial charge in [-0.25, -0.2) is 0 Å². The second kappa shape index (κ2) is 7.58. The average Bonchev–Trinajstić information content (AvgIpc) is 3.01. The lowest BCUT2D eigenvalue weighted by Gasteiger charge is -2.14. The molecule has 0 bridgehead atoms. The summed E-state index contributed by atoms with van der Waals surface area (Å²) in [6.07, 6.45) is -2.90. The van der Waals surface area contributed by atoms with Crippen molar-refractivity contribution in [2.75, 3.05) is 11.9 Å². The molecule has 1 aromatic heterocycles. The van der Waals surface area contributed by atoms with E-state index in [0.717, 1.165) is 27.7 Å². The van der Waals surface area contributed by atoms with Crippen LogP contribution in [-0.4, -0.2) is 18.7 Å². The molecule has 148 valence electrons. The van der Waals surface area contributed by atoms with E-state index in [-0.39, 0.29) is 23.8 Å². The first-order valence-electron chi connectivity index (χ1n) is 8.70. The van der Waals surface area contributed by atoms with Gasteiger partial charge in [0.1, 0.15) is 11.3 Å². The third kappa shape index (κ3) is 4.47. The maximum Gasteiger partial charge on any atom is 0.422 e. The van der Waals surface area contributed by atoms with Crippen molar-refractivity contribution in [3.05, 3.63) is 58.8 Å². The Labute approximate surface area is 160 Å². The topological polar surface area (TPSA) is 51.5 Å². The lowest BCUT2D eigenvalue weighted by Crippen LogP contribution is -2.21. The molecule has 1 amide bonds. The number of hydrogen-bond donors (Lipinski definition) is 1. The predicted molar refractivity (Wildman–Crippen MR) is 101 cm³/mol. The van der Waals surface area contributed by atoms with Gasteiger partial charge in [-0.1, -0.05) is 18.2 Å². The number of carbonyl (C=O) groups is 1. The van der Waals surface area contributed by atoms with Gasteiger partial charge in [-0.05, 0) is 49.6 Å². The van der Waals surface area contributed by atoms with Crippen LogP contribution in [0, 0.1) is 20.8 Å². The van der Waals surface area contributed by atoms with Crippen LogP contribution in [0.25, 0.3) is 11.0 Å². The molecule has 3 rings (SSSR count). The molecule has 3 aromatic rings. The molecule has 0 radical (unpaired) electrons. The van der Waals surface area contributed by atoms with Crippen molar-refractivity contribution in [3.8, 4) is 5.75 Å². The van der Waals surface area contributed by atoms with Gasteiger partial charge < -0.3 is 14.5 Å². The zero-order chi connectivity index (χ0) is 20.5. The Morgan fingerprint density at radius 2 is 1.89 bits per heavy atom. The smallest absolute Gasteiger partial charge is 0.422 e. The van der Waals surface area contributed by atoms with E-state index in [1.807, 2.05) is 26.0 Å². The molecule has 0 atom stereocenters. The fourth-order valence-corrected chi connectivity index (χ4v) is 2.90. The van der Waals surface area contributed by atoms with E-state index in [0.29, 0.717) is 5.56 Å². The summed E-state index contributed by atoms with van der Waals surface area (Å²) in [5.41, 5.74) is 4.45. The molecule has 0 aliphatic heterocycles. The highest BCUT2D eigenvalue weighted by atomic mass is 19.4. The molecule has 0 spiro atoms. The van der Waals surface area contributed by atoms with Gasteiger partial charge in [0.15, 0.2) is 6.61 Å². The lowest BCUT2D eigenvalue weighted by molar-refractivity contribution is -0.153. The second-order valence-corrected chi connectivity index (χ2v) is 6.77. The first-order valence-corrected chi connectivity index (χ1v) is 8.70. The third-order valence-electron chi connectivity index (χ3n) is 4.50. The molecule has 1 N–H and O–H groups in total. The van der Waals surface area contributed by atoms with Crippen LogP contribution in [0.4, 0.5) is 18.9 Å². The highest BCUT2D eigenvalue weighted by molar-refractivity contribution is 5.96. The van der Waals surface area contributed by atoms with Crippen LogP contribution in [0.2, 0.25) is 0 Å². The number of fused-ring (bicyclic) bond motifs is 1. The van der Waals surface area contributed by atoms with E-state index in [1.54, 1.807) is 13.0 Å². The number of hydrogen-bond acceptors (Lipinski definition) is 3. The van der Waals surface area contributed by atoms with Crippen molar-refractivity contribution in [1.29, 1.82) is 0 Å². The molecule has 7 heteroatoms. The van der Waals surface area contributed by atoms with Crippen LogP contribution in [-0.2, 0) is 11.2 Å². The lowest BCUT2D eigenvalue weighted by atomic mass is 10.0. The van der Waals surface area contributed by atoms with Gasteiger partial charge in [0.25, 0.3) is 0 Å². The van der Waals surface area contributed by atoms with Gasteiger partial charge in [0.05, 0.1) is 18.4 Å². The molecule has 4 nitrogen and oxygen atoms in total. The number of furan rings is 1. The van der Waals surface area contributed by atoms with E-state index in [2.05, 4.69) is 5.32 Å². The van der Waals surface area contributed by atoms with Crippen molar-refractivity contribution >= 4 is 22.6 Å². The Kier molecular flexibility index (Phi) is 5.36. The van der Waals surface area contributed by atoms with Gasteiger partial charge in [-0.3, -0.25) is 4.79 Å². The number of carbonyl (C=O) groups excluding carboxylic acids is 1. The Balaban J connectivity index is 1.78. The standard InChI is InChI=1S/C21H20F3NO3/c1-12-4-7-17(18(8-12)28-11-21(22,23)24)25-19(26)9-15-10-27-20-14(3)13(2)5-6-16(15)20/h4-8,10H,9,11H2,1-3H3,(H,25,26). The van der Waals surface area contributed by atoms with E-state index < -0.39 is 12.8 Å². The molecule has 0 unspecified atom stereocenters. The summed E-state index contributed by atoms with van der Waals surface area (Å²) in [4.78, 5) is 12.5. The highest BCUT2D eigenvalue weighted by Gasteiger charge is 2.29. The Bertz CT molecular complexity index is 1020. The summed E-state index contributed by atoms with van der Waals surface area (Å²) < 4.78 is 47.9. The molecule has 2 aromatic carbocycles. The highest BCUT2D eigenvalue weighted by Crippen LogP contribution is 2.30. The molecule has 1 heterocycles. The van der Waals surface area contributed by atoms with Gasteiger partial charge >= 0.3 is 6.18 Å². The monoisotopic (exact) mass is 391 g/mol. The van der Waals surface area contributed by atoms with Gasteiger partial charge in [-0.15, -0.1) is 0 Å². The van der Waals surface area contributed by atoms with Crippen LogP contribution in [0.3, 0.4) is 0 Å². The van der Waals surface area contributed by atoms with Crippen LogP contribution in [0.5, 0.6) is 5.75 Å². The molecule has 0 aliphatic rings. The van der Waals surface area contributed by atoms with Crippen molar-refractivity contribution in [1.82, 2.24) is 0 Å². The Morgan fingerprint density at radius 3 is 2.61 bits per heavy atom. The maximum atomic E-state index is 12.5. The molecule has 0 aliphatic carbocycles. The van der Waals surface area contributed by atoms with Gasteiger partial charge in [0.2, 0.25) is 5.91 Å². The minimum absolute atomic E-state index is 0.0193. The van der Waals surface area contributed by atoms with Crippen LogP contribution in [0.1, 0.15) is 22.3 Å². The SMILES string of the molecule is Cc1ccc(NC(=O)Cc2coc3c(C)c(C)ccc23)c(OCC(F)(F)F)c1. The first-order chi connectivity index (χ1) is 13.1. The quantitative estimate of drug-likeness (QED) is 0.627. The molecule has 28 heavy (non-hydrogen) atoms. The molecular weight excluding hydrogens is 371 g/mol. The second-order valence-electron chi connectivity index (χ2n) is 6.77. The molecule has 0 fully saturated rings. The van der Waals surface area contributed by atoms with E-state index >= 15 is 0 Å². The molecule has 0 saturated carbocycles. The summed E-state index contributed by atoms with van der Waals surface area (Å²) in [5.74, 6) is -0.393. The molecular formula is C21H20F3NO3. The number of aryl methyl sites for hydroxylation is 3. The van der Waals surface area contributed by atoms with E-state index in [4.69, 9.17) is 9.15 Å². The van der Waals surface area contributed by atoms with Gasteiger partial charge in [0, 0.05) is 10.9 Å². The summed E-state index contributed by atoms with van der Waals surface area (Å²) in [6, 6.07) is 8.53. The normalized spacial score (nSPS) is 11.6. The number of ether oxygens (including phenoxy) is 1. The largest absolute Gasteiger partial charge is 0.482 e. The fourth-order valence-electron chi connectivity index (χ4n) is 2.90. The minimum Gasteiger partial charge on any atom is -0.482 e. The van der Waals surface area contributed by atoms with Crippen LogP contribution >= 0.6 is 0 Å². The van der Waals surface area contributed by atoms with E-state index in [9.17, 15) is 18.0 Å². The summed E-state index contributed by atoms with van der Waals surface area (Å²) in [6.45, 7) is 4.23. The Hall–Kier alpha value is -2.96. The number of amides is 1. The number of halogens is 3. The van der Waals surface area contributed by atoms with Crippen molar-refractivity contribution < 1.29 is 27.1 Å². The summed E-state index contributed by atoms with van der Waals surface area (Å²) in [7, 11) is 0. The summed E-state index contributed by atoms with van der Waals surface area (Å²) >= 11 is 0. The van der Waals surface area contributed by atoms with Crippen molar-refractivity contribution in [2.45, 2.75) is 33.4 Å². The zero-order valence-corrected chi connectivity index (χ0v) is 15.7. The fraction of sp³-hybridized carbons (Fsp3) is 0.286. The van der Waals surface area contributed by atoms with Crippen molar-refractivity contribution in [2.24, 2.45) is 0 Å². The number of alkyl halides is 3. The third-order valence-corrected chi connectivity index (χ3v) is 4.50. The number of anilines is 1. The van der Waals surface area contributed by atoms with Crippen LogP contribution in [0.15, 0.2) is 41.0 Å².